The van der Waals surface area contributed by atoms with Crippen LogP contribution in [0, 0.1) is 49.4 Å². The Balaban J connectivity index is 2.20. The second kappa shape index (κ2) is 6.22. The van der Waals surface area contributed by atoms with Gasteiger partial charge >= 0.3 is 0 Å². The molecule has 0 aliphatic heterocycles. The molecule has 1 fully saturated rings. The van der Waals surface area contributed by atoms with Crippen LogP contribution in [-0.2, 0) is 6.42 Å². The van der Waals surface area contributed by atoms with E-state index in [0.29, 0.717) is 0 Å². The van der Waals surface area contributed by atoms with Gasteiger partial charge in [-0.3, -0.25) is 0 Å². The van der Waals surface area contributed by atoms with Gasteiger partial charge in [-0.05, 0) is 81.4 Å². The monoisotopic (exact) mass is 283 g/mol. The first kappa shape index (κ1) is 16.1. The quantitative estimate of drug-likeness (QED) is 0.717. The molecule has 1 aliphatic rings. The van der Waals surface area contributed by atoms with Gasteiger partial charge in [-0.1, -0.05) is 31.5 Å². The molecule has 0 unspecified atom stereocenters. The number of nitriles is 1. The van der Waals surface area contributed by atoms with Crippen LogP contribution in [-0.4, -0.2) is 0 Å². The summed E-state index contributed by atoms with van der Waals surface area (Å²) in [7, 11) is 0. The van der Waals surface area contributed by atoms with Gasteiger partial charge in [-0.15, -0.1) is 0 Å². The summed E-state index contributed by atoms with van der Waals surface area (Å²) in [6.45, 7) is 11.2. The summed E-state index contributed by atoms with van der Waals surface area (Å²) in [4.78, 5) is 0. The van der Waals surface area contributed by atoms with Gasteiger partial charge in [0.1, 0.15) is 0 Å². The number of hydrogen-bond donors (Lipinski definition) is 0. The Morgan fingerprint density at radius 3 is 2.10 bits per heavy atom. The average molecular weight is 283 g/mol. The summed E-state index contributed by atoms with van der Waals surface area (Å²) in [5, 5.41) is 9.81. The van der Waals surface area contributed by atoms with Crippen molar-refractivity contribution in [3.63, 3.8) is 0 Å². The van der Waals surface area contributed by atoms with Crippen LogP contribution in [0.15, 0.2) is 12.1 Å². The van der Waals surface area contributed by atoms with E-state index in [1.807, 2.05) is 0 Å². The molecule has 0 N–H and O–H groups in total. The van der Waals surface area contributed by atoms with Crippen molar-refractivity contribution in [3.05, 3.63) is 34.4 Å². The summed E-state index contributed by atoms with van der Waals surface area (Å²) < 4.78 is 0. The number of benzene rings is 1. The molecule has 0 amide bonds. The Morgan fingerprint density at radius 2 is 1.67 bits per heavy atom. The molecule has 1 aliphatic carbocycles. The molecule has 1 aromatic rings. The summed E-state index contributed by atoms with van der Waals surface area (Å²) >= 11 is 0. The second-order valence-electron chi connectivity index (χ2n) is 7.53. The van der Waals surface area contributed by atoms with E-state index in [-0.39, 0.29) is 5.41 Å². The van der Waals surface area contributed by atoms with Crippen molar-refractivity contribution in [3.8, 4) is 6.07 Å². The van der Waals surface area contributed by atoms with Crippen molar-refractivity contribution < 1.29 is 0 Å². The minimum absolute atomic E-state index is 0.129. The highest BCUT2D eigenvalue weighted by Crippen LogP contribution is 2.44. The van der Waals surface area contributed by atoms with Gasteiger partial charge in [-0.2, -0.15) is 5.26 Å². The van der Waals surface area contributed by atoms with E-state index < -0.39 is 0 Å². The van der Waals surface area contributed by atoms with Crippen molar-refractivity contribution in [1.82, 2.24) is 0 Å². The van der Waals surface area contributed by atoms with Crippen LogP contribution < -0.4 is 0 Å². The zero-order valence-corrected chi connectivity index (χ0v) is 14.3. The maximum absolute atomic E-state index is 9.81. The highest BCUT2D eigenvalue weighted by atomic mass is 14.4. The maximum atomic E-state index is 9.81. The second-order valence-corrected chi connectivity index (χ2v) is 7.53. The molecule has 0 saturated heterocycles. The van der Waals surface area contributed by atoms with Gasteiger partial charge in [0.05, 0.1) is 11.5 Å². The third kappa shape index (κ3) is 3.49. The topological polar surface area (TPSA) is 23.8 Å². The first-order chi connectivity index (χ1) is 9.87. The lowest BCUT2D eigenvalue weighted by molar-refractivity contribution is 0.174. The van der Waals surface area contributed by atoms with Crippen LogP contribution in [0.2, 0.25) is 0 Å². The Hall–Kier alpha value is -1.29. The van der Waals surface area contributed by atoms with Crippen molar-refractivity contribution in [2.24, 2.45) is 17.3 Å². The highest BCUT2D eigenvalue weighted by Gasteiger charge is 2.37. The normalized spacial score (nSPS) is 25.9. The zero-order chi connectivity index (χ0) is 15.6. The fourth-order valence-corrected chi connectivity index (χ4v) is 4.01. The molecule has 0 spiro atoms. The zero-order valence-electron chi connectivity index (χ0n) is 14.3. The molecule has 1 aromatic carbocycles. The molecule has 114 valence electrons. The smallest absolute Gasteiger partial charge is 0.0693 e. The summed E-state index contributed by atoms with van der Waals surface area (Å²) in [6, 6.07) is 7.21. The van der Waals surface area contributed by atoms with Gasteiger partial charge in [0.25, 0.3) is 0 Å². The number of hydrogen-bond acceptors (Lipinski definition) is 1. The van der Waals surface area contributed by atoms with Gasteiger partial charge in [-0.25, -0.2) is 0 Å². The molecule has 1 saturated carbocycles. The SMILES string of the molecule is Cc1cc(C)c(CC2(C#N)CCC(C(C)C)CC2)c(C)c1. The fraction of sp³-hybridized carbons (Fsp3) is 0.650. The standard InChI is InChI=1S/C20H29N/c1-14(2)18-6-8-20(13-21,9-7-18)12-19-16(4)10-15(3)11-17(19)5/h10-11,14,18H,6-9,12H2,1-5H3. The van der Waals surface area contributed by atoms with Gasteiger partial charge in [0.15, 0.2) is 0 Å². The first-order valence-corrected chi connectivity index (χ1v) is 8.35. The minimum Gasteiger partial charge on any atom is -0.198 e. The molecule has 0 heterocycles. The molecule has 1 heteroatoms. The molecule has 0 radical (unpaired) electrons. The lowest BCUT2D eigenvalue weighted by Crippen LogP contribution is -2.30. The summed E-state index contributed by atoms with van der Waals surface area (Å²) in [6.07, 6.45) is 5.51. The largest absolute Gasteiger partial charge is 0.198 e. The molecule has 0 aromatic heterocycles. The van der Waals surface area contributed by atoms with Crippen LogP contribution in [0.5, 0.6) is 0 Å². The van der Waals surface area contributed by atoms with Crippen LogP contribution >= 0.6 is 0 Å². The van der Waals surface area contributed by atoms with Gasteiger partial charge in [0, 0.05) is 0 Å². The van der Waals surface area contributed by atoms with Crippen LogP contribution in [0.25, 0.3) is 0 Å². The van der Waals surface area contributed by atoms with Crippen LogP contribution in [0.1, 0.15) is 61.8 Å². The van der Waals surface area contributed by atoms with E-state index in [4.69, 9.17) is 0 Å². The number of aryl methyl sites for hydroxylation is 3. The molecule has 2 rings (SSSR count). The predicted molar refractivity (Wildman–Crippen MR) is 89.2 cm³/mol. The van der Waals surface area contributed by atoms with Gasteiger partial charge in [0.2, 0.25) is 0 Å². The van der Waals surface area contributed by atoms with Crippen molar-refractivity contribution in [1.29, 1.82) is 5.26 Å². The van der Waals surface area contributed by atoms with Crippen molar-refractivity contribution >= 4 is 0 Å². The third-order valence-electron chi connectivity index (χ3n) is 5.52. The van der Waals surface area contributed by atoms with E-state index in [0.717, 1.165) is 31.1 Å². The first-order valence-electron chi connectivity index (χ1n) is 8.35. The minimum atomic E-state index is -0.129. The molecular formula is C20H29N. The van der Waals surface area contributed by atoms with Crippen LogP contribution in [0.3, 0.4) is 0 Å². The Labute approximate surface area is 130 Å². The van der Waals surface area contributed by atoms with E-state index in [1.165, 1.54) is 35.1 Å². The molecule has 0 atom stereocenters. The van der Waals surface area contributed by atoms with Crippen LogP contribution in [0.4, 0.5) is 0 Å². The molecule has 21 heavy (non-hydrogen) atoms. The third-order valence-corrected chi connectivity index (χ3v) is 5.52. The lowest BCUT2D eigenvalue weighted by Gasteiger charge is -2.37. The Morgan fingerprint density at radius 1 is 1.14 bits per heavy atom. The van der Waals surface area contributed by atoms with Crippen molar-refractivity contribution in [2.75, 3.05) is 0 Å². The number of rotatable bonds is 3. The highest BCUT2D eigenvalue weighted by molar-refractivity contribution is 5.39. The lowest BCUT2D eigenvalue weighted by atomic mass is 9.65. The summed E-state index contributed by atoms with van der Waals surface area (Å²) in [5.41, 5.74) is 5.31. The Kier molecular flexibility index (Phi) is 4.77. The molecule has 0 bridgehead atoms. The summed E-state index contributed by atoms with van der Waals surface area (Å²) in [5.74, 6) is 1.57. The average Bonchev–Trinajstić information content (AvgIpc) is 2.43. The van der Waals surface area contributed by atoms with E-state index in [9.17, 15) is 5.26 Å². The predicted octanol–water partition coefficient (Wildman–Crippen LogP) is 5.51. The fourth-order valence-electron chi connectivity index (χ4n) is 4.01. The number of nitrogens with zero attached hydrogens (tertiary/aromatic N) is 1. The molecule has 1 nitrogen and oxygen atoms in total. The van der Waals surface area contributed by atoms with E-state index in [2.05, 4.69) is 52.8 Å². The maximum Gasteiger partial charge on any atom is 0.0693 e. The van der Waals surface area contributed by atoms with E-state index in [1.54, 1.807) is 0 Å². The Bertz CT molecular complexity index is 516. The van der Waals surface area contributed by atoms with Crippen molar-refractivity contribution in [2.45, 2.75) is 66.7 Å². The van der Waals surface area contributed by atoms with Gasteiger partial charge < -0.3 is 0 Å². The molecular weight excluding hydrogens is 254 g/mol. The van der Waals surface area contributed by atoms with E-state index >= 15 is 0 Å².